The van der Waals surface area contributed by atoms with Gasteiger partial charge in [0.2, 0.25) is 0 Å². The smallest absolute Gasteiger partial charge is 0.157 e. The van der Waals surface area contributed by atoms with E-state index >= 15 is 0 Å². The van der Waals surface area contributed by atoms with E-state index in [9.17, 15) is 4.79 Å². The fourth-order valence-corrected chi connectivity index (χ4v) is 8.22. The lowest BCUT2D eigenvalue weighted by atomic mass is 9.45. The molecule has 0 bridgehead atoms. The van der Waals surface area contributed by atoms with Crippen molar-refractivity contribution < 1.29 is 14.3 Å². The van der Waals surface area contributed by atoms with Crippen molar-refractivity contribution in [3.05, 3.63) is 0 Å². The van der Waals surface area contributed by atoms with Gasteiger partial charge in [0, 0.05) is 19.4 Å². The second-order valence-electron chi connectivity index (χ2n) is 10.9. The lowest BCUT2D eigenvalue weighted by Crippen LogP contribution is -2.54. The van der Waals surface area contributed by atoms with E-state index in [1.807, 2.05) is 0 Å². The zero-order valence-electron chi connectivity index (χ0n) is 17.4. The summed E-state index contributed by atoms with van der Waals surface area (Å²) in [6, 6.07) is 0. The molecular formula is C24H38O3. The van der Waals surface area contributed by atoms with E-state index in [2.05, 4.69) is 13.8 Å². The summed E-state index contributed by atoms with van der Waals surface area (Å²) < 4.78 is 12.5. The van der Waals surface area contributed by atoms with Gasteiger partial charge in [-0.3, -0.25) is 4.79 Å². The van der Waals surface area contributed by atoms with Crippen molar-refractivity contribution in [1.29, 1.82) is 0 Å². The monoisotopic (exact) mass is 374 g/mol. The first-order valence-electron chi connectivity index (χ1n) is 11.8. The Morgan fingerprint density at radius 3 is 2.59 bits per heavy atom. The van der Waals surface area contributed by atoms with Crippen molar-refractivity contribution in [3.8, 4) is 0 Å². The summed E-state index contributed by atoms with van der Waals surface area (Å²) in [6.07, 6.45) is 14.7. The minimum absolute atomic E-state index is 0.0506. The predicted octanol–water partition coefficient (Wildman–Crippen LogP) is 5.51. The largest absolute Gasteiger partial charge is 0.353 e. The van der Waals surface area contributed by atoms with Gasteiger partial charge in [-0.1, -0.05) is 13.8 Å². The van der Waals surface area contributed by atoms with Crippen molar-refractivity contribution in [2.24, 2.45) is 34.5 Å². The zero-order valence-corrected chi connectivity index (χ0v) is 17.4. The lowest BCUT2D eigenvalue weighted by molar-refractivity contribution is -0.218. The van der Waals surface area contributed by atoms with Gasteiger partial charge in [0.15, 0.2) is 6.29 Å². The van der Waals surface area contributed by atoms with Crippen molar-refractivity contribution in [2.75, 3.05) is 6.61 Å². The van der Waals surface area contributed by atoms with E-state index in [-0.39, 0.29) is 6.29 Å². The second-order valence-corrected chi connectivity index (χ2v) is 10.9. The van der Waals surface area contributed by atoms with Crippen molar-refractivity contribution in [1.82, 2.24) is 0 Å². The molecule has 0 aromatic heterocycles. The number of carbonyl (C=O) groups excluding carboxylic acids is 1. The van der Waals surface area contributed by atoms with Gasteiger partial charge in [0.1, 0.15) is 5.78 Å². The maximum absolute atomic E-state index is 12.1. The summed E-state index contributed by atoms with van der Waals surface area (Å²) >= 11 is 0. The molecule has 3 nitrogen and oxygen atoms in total. The maximum Gasteiger partial charge on any atom is 0.157 e. The molecule has 8 atom stereocenters. The summed E-state index contributed by atoms with van der Waals surface area (Å²) in [5, 5.41) is 0. The second kappa shape index (κ2) is 6.83. The summed E-state index contributed by atoms with van der Waals surface area (Å²) in [5.74, 6) is 3.71. The Morgan fingerprint density at radius 2 is 1.78 bits per heavy atom. The van der Waals surface area contributed by atoms with E-state index in [1.54, 1.807) is 0 Å². The van der Waals surface area contributed by atoms with Gasteiger partial charge in [-0.2, -0.15) is 0 Å². The molecule has 0 unspecified atom stereocenters. The van der Waals surface area contributed by atoms with E-state index in [0.29, 0.717) is 28.6 Å². The number of fused-ring (bicyclic) bond motifs is 5. The Bertz CT molecular complexity index is 582. The van der Waals surface area contributed by atoms with Crippen LogP contribution in [0.1, 0.15) is 90.9 Å². The number of Topliss-reactive ketones (excluding diaryl/α,β-unsaturated/α-hetero) is 1. The highest BCUT2D eigenvalue weighted by Crippen LogP contribution is 2.66. The Hall–Kier alpha value is -0.410. The molecule has 0 aromatic rings. The normalized spacial score (nSPS) is 52.7. The minimum Gasteiger partial charge on any atom is -0.353 e. The lowest BCUT2D eigenvalue weighted by Gasteiger charge is -2.60. The van der Waals surface area contributed by atoms with E-state index in [0.717, 1.165) is 50.0 Å². The third-order valence-corrected chi connectivity index (χ3v) is 9.85. The molecule has 0 spiro atoms. The number of rotatable bonds is 2. The molecule has 1 saturated heterocycles. The molecule has 0 amide bonds. The molecule has 0 aromatic carbocycles. The van der Waals surface area contributed by atoms with Crippen LogP contribution in [0.5, 0.6) is 0 Å². The Kier molecular flexibility index (Phi) is 4.71. The van der Waals surface area contributed by atoms with Crippen molar-refractivity contribution in [2.45, 2.75) is 103 Å². The van der Waals surface area contributed by atoms with Crippen molar-refractivity contribution in [3.63, 3.8) is 0 Å². The molecule has 1 heterocycles. The number of ketones is 1. The van der Waals surface area contributed by atoms with Gasteiger partial charge in [0.05, 0.1) is 6.10 Å². The van der Waals surface area contributed by atoms with E-state index < -0.39 is 0 Å². The van der Waals surface area contributed by atoms with Gasteiger partial charge < -0.3 is 9.47 Å². The van der Waals surface area contributed by atoms with Crippen LogP contribution in [0.2, 0.25) is 0 Å². The van der Waals surface area contributed by atoms with Gasteiger partial charge in [-0.15, -0.1) is 0 Å². The number of ether oxygens (including phenoxy) is 2. The van der Waals surface area contributed by atoms with Crippen LogP contribution in [-0.2, 0) is 14.3 Å². The third kappa shape index (κ3) is 2.94. The molecule has 0 radical (unpaired) electrons. The molecule has 5 rings (SSSR count). The van der Waals surface area contributed by atoms with Crippen LogP contribution in [0.4, 0.5) is 0 Å². The molecule has 5 aliphatic rings. The van der Waals surface area contributed by atoms with Gasteiger partial charge in [0.25, 0.3) is 0 Å². The Balaban J connectivity index is 1.33. The average Bonchev–Trinajstić information content (AvgIpc) is 3.00. The summed E-state index contributed by atoms with van der Waals surface area (Å²) in [6.45, 7) is 5.95. The first kappa shape index (κ1) is 18.6. The minimum atomic E-state index is 0.0506. The molecule has 27 heavy (non-hydrogen) atoms. The molecule has 152 valence electrons. The van der Waals surface area contributed by atoms with E-state index in [1.165, 1.54) is 51.4 Å². The predicted molar refractivity (Wildman–Crippen MR) is 105 cm³/mol. The van der Waals surface area contributed by atoms with Crippen molar-refractivity contribution >= 4 is 5.78 Å². The molecule has 0 N–H and O–H groups in total. The topological polar surface area (TPSA) is 35.5 Å². The van der Waals surface area contributed by atoms with Gasteiger partial charge in [-0.05, 0) is 98.7 Å². The van der Waals surface area contributed by atoms with Gasteiger partial charge in [-0.25, -0.2) is 0 Å². The summed E-state index contributed by atoms with van der Waals surface area (Å²) in [5.41, 5.74) is 0.763. The molecule has 1 aliphatic heterocycles. The number of carbonyl (C=O) groups is 1. The standard InChI is InChI=1S/C24H38O3/c1-23-12-10-17(25)15-16(23)6-7-18-19-8-9-21(24(19,2)13-11-20(18)23)27-22-5-3-4-14-26-22/h16,18-22H,3-15H2,1-2H3/t16-,18+,19+,20+,21+,22-,23-,24-/m0/s1. The van der Waals surface area contributed by atoms with E-state index in [4.69, 9.17) is 9.47 Å². The van der Waals surface area contributed by atoms with Gasteiger partial charge >= 0.3 is 0 Å². The summed E-state index contributed by atoms with van der Waals surface area (Å²) in [7, 11) is 0. The highest BCUT2D eigenvalue weighted by molar-refractivity contribution is 5.79. The Labute approximate surface area is 164 Å². The average molecular weight is 375 g/mol. The van der Waals surface area contributed by atoms with Crippen LogP contribution in [0, 0.1) is 34.5 Å². The zero-order chi connectivity index (χ0) is 18.6. The van der Waals surface area contributed by atoms with Crippen LogP contribution in [0.15, 0.2) is 0 Å². The van der Waals surface area contributed by atoms with Crippen LogP contribution >= 0.6 is 0 Å². The number of hydrogen-bond acceptors (Lipinski definition) is 3. The highest BCUT2D eigenvalue weighted by Gasteiger charge is 2.60. The molecule has 3 heteroatoms. The quantitative estimate of drug-likeness (QED) is 0.639. The summed E-state index contributed by atoms with van der Waals surface area (Å²) in [4.78, 5) is 12.1. The molecule has 4 aliphatic carbocycles. The molecule has 5 fully saturated rings. The first-order valence-corrected chi connectivity index (χ1v) is 11.8. The Morgan fingerprint density at radius 1 is 0.926 bits per heavy atom. The molecule has 4 saturated carbocycles. The maximum atomic E-state index is 12.1. The van der Waals surface area contributed by atoms with Crippen LogP contribution in [0.25, 0.3) is 0 Å². The fourth-order valence-electron chi connectivity index (χ4n) is 8.22. The van der Waals surface area contributed by atoms with Crippen LogP contribution in [-0.4, -0.2) is 24.8 Å². The first-order chi connectivity index (χ1) is 13.0. The fraction of sp³-hybridized carbons (Fsp3) is 0.958. The third-order valence-electron chi connectivity index (χ3n) is 9.85. The highest BCUT2D eigenvalue weighted by atomic mass is 16.7. The number of hydrogen-bond donors (Lipinski definition) is 0. The SMILES string of the molecule is C[C@]12CCC(=O)C[C@@H]1CC[C@H]1[C@H]2CC[C@@]2(C)[C@@H]1CC[C@H]2O[C@H]1CCCCO1. The van der Waals surface area contributed by atoms with Crippen LogP contribution < -0.4 is 0 Å². The molecular weight excluding hydrogens is 336 g/mol. The van der Waals surface area contributed by atoms with Crippen LogP contribution in [0.3, 0.4) is 0 Å².